The van der Waals surface area contributed by atoms with Crippen LogP contribution in [0, 0.1) is 0 Å². The van der Waals surface area contributed by atoms with Crippen LogP contribution in [0.3, 0.4) is 0 Å². The van der Waals surface area contributed by atoms with E-state index in [9.17, 15) is 5.11 Å². The standard InChI is InChI=1S/C20H23NO2/c1-21(2)13-7-12-20-16-10-5-3-8-14(16)18(22)19(23-20)15-9-4-6-11-17(15)20/h3-6,8-11,18-19,22H,7,12-13H2,1-2H3/t18-,19+,20-/m1/s1. The molecular formula is C20H23NO2. The number of nitrogens with zero attached hydrogens (tertiary/aromatic N) is 1. The average Bonchev–Trinajstić information content (AvgIpc) is 2.86. The van der Waals surface area contributed by atoms with Crippen molar-refractivity contribution >= 4 is 0 Å². The van der Waals surface area contributed by atoms with Gasteiger partial charge in [0.2, 0.25) is 0 Å². The Morgan fingerprint density at radius 2 is 1.61 bits per heavy atom. The molecule has 2 aromatic rings. The quantitative estimate of drug-likeness (QED) is 0.939. The van der Waals surface area contributed by atoms with Gasteiger partial charge in [-0.05, 0) is 55.7 Å². The van der Waals surface area contributed by atoms with Crippen LogP contribution in [0.4, 0.5) is 0 Å². The maximum absolute atomic E-state index is 10.8. The van der Waals surface area contributed by atoms with Gasteiger partial charge in [0.15, 0.2) is 0 Å². The molecule has 0 aromatic heterocycles. The van der Waals surface area contributed by atoms with Crippen molar-refractivity contribution in [2.24, 2.45) is 0 Å². The van der Waals surface area contributed by atoms with Crippen LogP contribution in [-0.4, -0.2) is 30.6 Å². The molecule has 2 aromatic carbocycles. The van der Waals surface area contributed by atoms with Crippen LogP contribution in [0.25, 0.3) is 0 Å². The van der Waals surface area contributed by atoms with Crippen molar-refractivity contribution in [1.82, 2.24) is 4.90 Å². The lowest BCUT2D eigenvalue weighted by atomic mass is 9.80. The number of aliphatic hydroxyl groups is 1. The minimum Gasteiger partial charge on any atom is -0.385 e. The fourth-order valence-electron chi connectivity index (χ4n) is 4.16. The summed E-state index contributed by atoms with van der Waals surface area (Å²) in [7, 11) is 4.20. The molecule has 0 saturated heterocycles. The van der Waals surface area contributed by atoms with Crippen molar-refractivity contribution in [2.75, 3.05) is 20.6 Å². The zero-order valence-corrected chi connectivity index (χ0v) is 13.7. The van der Waals surface area contributed by atoms with Crippen LogP contribution in [0.15, 0.2) is 48.5 Å². The van der Waals surface area contributed by atoms with Gasteiger partial charge in [0, 0.05) is 0 Å². The van der Waals surface area contributed by atoms with Crippen LogP contribution in [0.2, 0.25) is 0 Å². The van der Waals surface area contributed by atoms with E-state index < -0.39 is 11.7 Å². The molecule has 0 fully saturated rings. The van der Waals surface area contributed by atoms with E-state index in [0.29, 0.717) is 0 Å². The molecule has 0 unspecified atom stereocenters. The first-order valence-electron chi connectivity index (χ1n) is 8.33. The Bertz CT molecular complexity index is 727. The predicted octanol–water partition coefficient (Wildman–Crippen LogP) is 3.39. The molecule has 2 heterocycles. The molecule has 3 nitrogen and oxygen atoms in total. The molecule has 0 amide bonds. The van der Waals surface area contributed by atoms with Gasteiger partial charge in [0.05, 0.1) is 0 Å². The second-order valence-corrected chi connectivity index (χ2v) is 6.89. The lowest BCUT2D eigenvalue weighted by molar-refractivity contribution is -0.124. The monoisotopic (exact) mass is 309 g/mol. The van der Waals surface area contributed by atoms with E-state index in [1.165, 1.54) is 5.56 Å². The molecule has 3 atom stereocenters. The van der Waals surface area contributed by atoms with Crippen LogP contribution < -0.4 is 0 Å². The van der Waals surface area contributed by atoms with E-state index in [1.807, 2.05) is 24.3 Å². The van der Waals surface area contributed by atoms with Crippen LogP contribution in [-0.2, 0) is 10.3 Å². The van der Waals surface area contributed by atoms with Gasteiger partial charge >= 0.3 is 0 Å². The first-order valence-corrected chi connectivity index (χ1v) is 8.33. The van der Waals surface area contributed by atoms with Crippen molar-refractivity contribution in [3.05, 3.63) is 70.8 Å². The summed E-state index contributed by atoms with van der Waals surface area (Å²) in [4.78, 5) is 2.21. The van der Waals surface area contributed by atoms with Gasteiger partial charge < -0.3 is 14.7 Å². The fraction of sp³-hybridized carbons (Fsp3) is 0.400. The fourth-order valence-corrected chi connectivity index (χ4v) is 4.16. The number of ether oxygens (including phenoxy) is 1. The number of aliphatic hydroxyl groups excluding tert-OH is 1. The van der Waals surface area contributed by atoms with Crippen LogP contribution >= 0.6 is 0 Å². The lowest BCUT2D eigenvalue weighted by Crippen LogP contribution is -2.34. The Morgan fingerprint density at radius 1 is 1.00 bits per heavy atom. The Morgan fingerprint density at radius 3 is 2.30 bits per heavy atom. The number of hydrogen-bond donors (Lipinski definition) is 1. The molecule has 0 saturated carbocycles. The minimum absolute atomic E-state index is 0.250. The summed E-state index contributed by atoms with van der Waals surface area (Å²) < 4.78 is 6.51. The van der Waals surface area contributed by atoms with Crippen molar-refractivity contribution < 1.29 is 9.84 Å². The number of benzene rings is 2. The molecule has 120 valence electrons. The van der Waals surface area contributed by atoms with E-state index in [2.05, 4.69) is 43.3 Å². The molecule has 3 heteroatoms. The van der Waals surface area contributed by atoms with E-state index in [4.69, 9.17) is 4.74 Å². The first-order chi connectivity index (χ1) is 11.1. The normalized spacial score (nSPS) is 27.8. The average molecular weight is 309 g/mol. The van der Waals surface area contributed by atoms with Gasteiger partial charge in [0.1, 0.15) is 17.8 Å². The Balaban J connectivity index is 1.85. The van der Waals surface area contributed by atoms with Gasteiger partial charge in [-0.2, -0.15) is 0 Å². The maximum atomic E-state index is 10.8. The van der Waals surface area contributed by atoms with Crippen molar-refractivity contribution in [3.63, 3.8) is 0 Å². The molecule has 0 radical (unpaired) electrons. The van der Waals surface area contributed by atoms with Gasteiger partial charge in [-0.1, -0.05) is 48.5 Å². The lowest BCUT2D eigenvalue weighted by Gasteiger charge is -2.39. The highest BCUT2D eigenvalue weighted by atomic mass is 16.5. The number of hydrogen-bond acceptors (Lipinski definition) is 3. The van der Waals surface area contributed by atoms with Crippen molar-refractivity contribution in [1.29, 1.82) is 0 Å². The summed E-state index contributed by atoms with van der Waals surface area (Å²) in [5.74, 6) is 0. The smallest absolute Gasteiger partial charge is 0.120 e. The van der Waals surface area contributed by atoms with Crippen molar-refractivity contribution in [3.8, 4) is 0 Å². The highest BCUT2D eigenvalue weighted by molar-refractivity contribution is 5.53. The van der Waals surface area contributed by atoms with Gasteiger partial charge in [-0.3, -0.25) is 0 Å². The summed E-state index contributed by atoms with van der Waals surface area (Å²) in [5.41, 5.74) is 4.11. The zero-order chi connectivity index (χ0) is 16.0. The third-order valence-corrected chi connectivity index (χ3v) is 5.17. The highest BCUT2D eigenvalue weighted by Crippen LogP contribution is 2.58. The molecule has 2 bridgehead atoms. The molecule has 2 aliphatic rings. The molecule has 2 aliphatic heterocycles. The number of fused-ring (bicyclic) bond motifs is 7. The SMILES string of the molecule is CN(C)CCC[C@]12O[C@@H](c3ccccc31)[C@H](O)c1ccccc12. The molecule has 1 N–H and O–H groups in total. The second-order valence-electron chi connectivity index (χ2n) is 6.89. The molecule has 0 aliphatic carbocycles. The van der Waals surface area contributed by atoms with E-state index >= 15 is 0 Å². The predicted molar refractivity (Wildman–Crippen MR) is 90.2 cm³/mol. The van der Waals surface area contributed by atoms with Crippen LogP contribution in [0.1, 0.15) is 47.3 Å². The summed E-state index contributed by atoms with van der Waals surface area (Å²) in [6, 6.07) is 16.6. The van der Waals surface area contributed by atoms with Gasteiger partial charge in [-0.25, -0.2) is 0 Å². The van der Waals surface area contributed by atoms with Gasteiger partial charge in [-0.15, -0.1) is 0 Å². The Hall–Kier alpha value is -1.68. The topological polar surface area (TPSA) is 32.7 Å². The van der Waals surface area contributed by atoms with Crippen LogP contribution in [0.5, 0.6) is 0 Å². The Kier molecular flexibility index (Phi) is 3.52. The molecule has 23 heavy (non-hydrogen) atoms. The summed E-state index contributed by atoms with van der Waals surface area (Å²) in [5, 5.41) is 10.8. The minimum atomic E-state index is -0.586. The highest BCUT2D eigenvalue weighted by Gasteiger charge is 2.53. The third kappa shape index (κ3) is 2.15. The molecule has 0 spiro atoms. The van der Waals surface area contributed by atoms with E-state index in [-0.39, 0.29) is 6.10 Å². The first kappa shape index (κ1) is 14.9. The van der Waals surface area contributed by atoms with Gasteiger partial charge in [0.25, 0.3) is 0 Å². The largest absolute Gasteiger partial charge is 0.385 e. The summed E-state index contributed by atoms with van der Waals surface area (Å²) >= 11 is 0. The zero-order valence-electron chi connectivity index (χ0n) is 13.7. The molecular weight excluding hydrogens is 286 g/mol. The second kappa shape index (κ2) is 5.45. The third-order valence-electron chi connectivity index (χ3n) is 5.17. The maximum Gasteiger partial charge on any atom is 0.120 e. The van der Waals surface area contributed by atoms with Crippen molar-refractivity contribution in [2.45, 2.75) is 30.7 Å². The van der Waals surface area contributed by atoms with E-state index in [0.717, 1.165) is 36.1 Å². The Labute approximate surface area is 137 Å². The summed E-state index contributed by atoms with van der Waals surface area (Å²) in [6.07, 6.45) is 1.15. The molecule has 4 rings (SSSR count). The summed E-state index contributed by atoms with van der Waals surface area (Å²) in [6.45, 7) is 1.03. The van der Waals surface area contributed by atoms with E-state index in [1.54, 1.807) is 0 Å². The number of rotatable bonds is 4.